The van der Waals surface area contributed by atoms with E-state index in [1.165, 1.54) is 0 Å². The lowest BCUT2D eigenvalue weighted by Gasteiger charge is -2.32. The number of rotatable bonds is 5. The Balaban J connectivity index is 2.26. The molecule has 0 bridgehead atoms. The van der Waals surface area contributed by atoms with Crippen molar-refractivity contribution in [1.82, 2.24) is 10.2 Å². The SMILES string of the molecule is CCOC(=O)CC(B1OC(C)(C)C(C)(C)O1)c1cn[nH]c1C. The number of hydrogen-bond acceptors (Lipinski definition) is 5. The van der Waals surface area contributed by atoms with Crippen molar-refractivity contribution in [1.29, 1.82) is 0 Å². The molecule has 1 saturated heterocycles. The Morgan fingerprint density at radius 2 is 1.95 bits per heavy atom. The first-order chi connectivity index (χ1) is 10.2. The second-order valence-corrected chi connectivity index (χ2v) is 6.69. The van der Waals surface area contributed by atoms with Gasteiger partial charge in [-0.15, -0.1) is 0 Å². The van der Waals surface area contributed by atoms with Gasteiger partial charge in [0.2, 0.25) is 0 Å². The number of aryl methyl sites for hydroxylation is 1. The van der Waals surface area contributed by atoms with Gasteiger partial charge in [-0.1, -0.05) is 0 Å². The van der Waals surface area contributed by atoms with Gasteiger partial charge in [0, 0.05) is 11.5 Å². The van der Waals surface area contributed by atoms with Gasteiger partial charge in [-0.2, -0.15) is 5.10 Å². The molecule has 1 aliphatic rings. The Kier molecular flexibility index (Phi) is 4.68. The van der Waals surface area contributed by atoms with Crippen LogP contribution in [-0.4, -0.2) is 41.1 Å². The van der Waals surface area contributed by atoms with Crippen LogP contribution in [0.2, 0.25) is 0 Å². The van der Waals surface area contributed by atoms with Crippen molar-refractivity contribution in [3.05, 3.63) is 17.5 Å². The van der Waals surface area contributed by atoms with E-state index in [1.807, 2.05) is 34.6 Å². The van der Waals surface area contributed by atoms with E-state index in [-0.39, 0.29) is 18.2 Å². The number of nitrogens with zero attached hydrogens (tertiary/aromatic N) is 1. The number of aromatic amines is 1. The van der Waals surface area contributed by atoms with Crippen molar-refractivity contribution in [2.24, 2.45) is 0 Å². The summed E-state index contributed by atoms with van der Waals surface area (Å²) in [5.41, 5.74) is 0.945. The monoisotopic (exact) mass is 308 g/mol. The predicted molar refractivity (Wildman–Crippen MR) is 83.4 cm³/mol. The fraction of sp³-hybridized carbons (Fsp3) is 0.733. The first-order valence-electron chi connectivity index (χ1n) is 7.69. The summed E-state index contributed by atoms with van der Waals surface area (Å²) in [6.45, 7) is 12.1. The number of nitrogens with one attached hydrogen (secondary N) is 1. The Labute approximate surface area is 132 Å². The van der Waals surface area contributed by atoms with Gasteiger partial charge in [0.15, 0.2) is 0 Å². The first kappa shape index (κ1) is 17.0. The van der Waals surface area contributed by atoms with Crippen LogP contribution in [0.3, 0.4) is 0 Å². The average Bonchev–Trinajstić information content (AvgIpc) is 2.89. The molecule has 0 saturated carbocycles. The average molecular weight is 308 g/mol. The lowest BCUT2D eigenvalue weighted by molar-refractivity contribution is -0.143. The van der Waals surface area contributed by atoms with E-state index >= 15 is 0 Å². The largest absolute Gasteiger partial charge is 0.466 e. The summed E-state index contributed by atoms with van der Waals surface area (Å²) >= 11 is 0. The highest BCUT2D eigenvalue weighted by Crippen LogP contribution is 2.42. The smallest absolute Gasteiger partial charge is 0.466 e. The molecular weight excluding hydrogens is 283 g/mol. The number of H-pyrrole nitrogens is 1. The highest BCUT2D eigenvalue weighted by molar-refractivity contribution is 6.48. The van der Waals surface area contributed by atoms with Crippen LogP contribution in [0.4, 0.5) is 0 Å². The molecule has 122 valence electrons. The third kappa shape index (κ3) is 3.20. The van der Waals surface area contributed by atoms with E-state index in [4.69, 9.17) is 14.0 Å². The number of ether oxygens (including phenoxy) is 1. The maximum absolute atomic E-state index is 12.0. The third-order valence-electron chi connectivity index (χ3n) is 4.56. The first-order valence-corrected chi connectivity index (χ1v) is 7.69. The van der Waals surface area contributed by atoms with Crippen molar-refractivity contribution in [2.45, 2.75) is 65.0 Å². The predicted octanol–water partition coefficient (Wildman–Crippen LogP) is 2.39. The van der Waals surface area contributed by atoms with Gasteiger partial charge < -0.3 is 14.0 Å². The summed E-state index contributed by atoms with van der Waals surface area (Å²) in [6, 6.07) is 0. The van der Waals surface area contributed by atoms with E-state index in [2.05, 4.69) is 10.2 Å². The van der Waals surface area contributed by atoms with Gasteiger partial charge in [-0.3, -0.25) is 9.89 Å². The zero-order chi connectivity index (χ0) is 16.5. The second-order valence-electron chi connectivity index (χ2n) is 6.69. The van der Waals surface area contributed by atoms with Crippen molar-refractivity contribution < 1.29 is 18.8 Å². The molecular formula is C15H25BN2O4. The summed E-state index contributed by atoms with van der Waals surface area (Å²) in [6.07, 6.45) is 1.93. The summed E-state index contributed by atoms with van der Waals surface area (Å²) in [7, 11) is -0.509. The molecule has 1 N–H and O–H groups in total. The molecule has 1 atom stereocenters. The minimum atomic E-state index is -0.509. The van der Waals surface area contributed by atoms with Gasteiger partial charge in [0.05, 0.1) is 30.4 Å². The van der Waals surface area contributed by atoms with Crippen LogP contribution < -0.4 is 0 Å². The van der Waals surface area contributed by atoms with E-state index in [0.29, 0.717) is 6.61 Å². The summed E-state index contributed by atoms with van der Waals surface area (Å²) in [4.78, 5) is 12.0. The minimum absolute atomic E-state index is 0.199. The van der Waals surface area contributed by atoms with Gasteiger partial charge in [0.1, 0.15) is 0 Å². The Bertz CT molecular complexity index is 525. The lowest BCUT2D eigenvalue weighted by Crippen LogP contribution is -2.41. The summed E-state index contributed by atoms with van der Waals surface area (Å²) < 4.78 is 17.3. The summed E-state index contributed by atoms with van der Waals surface area (Å²) in [5.74, 6) is -0.512. The Hall–Kier alpha value is -1.34. The molecule has 1 fully saturated rings. The van der Waals surface area contributed by atoms with Gasteiger partial charge >= 0.3 is 13.1 Å². The number of carbonyl (C=O) groups excluding carboxylic acids is 1. The second kappa shape index (κ2) is 6.04. The molecule has 2 rings (SSSR count). The molecule has 7 heteroatoms. The third-order valence-corrected chi connectivity index (χ3v) is 4.56. The molecule has 0 aromatic carbocycles. The van der Waals surface area contributed by atoms with Crippen LogP contribution in [0, 0.1) is 6.92 Å². The number of aromatic nitrogens is 2. The maximum atomic E-state index is 12.0. The van der Waals surface area contributed by atoms with Gasteiger partial charge in [0.25, 0.3) is 0 Å². The van der Waals surface area contributed by atoms with Gasteiger partial charge in [-0.05, 0) is 47.1 Å². The zero-order valence-electron chi connectivity index (χ0n) is 14.2. The van der Waals surface area contributed by atoms with Crippen LogP contribution in [0.5, 0.6) is 0 Å². The fourth-order valence-corrected chi connectivity index (χ4v) is 2.54. The molecule has 0 radical (unpaired) electrons. The normalized spacial score (nSPS) is 20.9. The van der Waals surface area contributed by atoms with Crippen LogP contribution in [0.1, 0.15) is 58.1 Å². The van der Waals surface area contributed by atoms with Crippen molar-refractivity contribution in [3.63, 3.8) is 0 Å². The van der Waals surface area contributed by atoms with Gasteiger partial charge in [-0.25, -0.2) is 0 Å². The maximum Gasteiger partial charge on any atom is 0.466 e. The number of esters is 1. The van der Waals surface area contributed by atoms with E-state index < -0.39 is 18.3 Å². The van der Waals surface area contributed by atoms with Crippen molar-refractivity contribution >= 4 is 13.1 Å². The van der Waals surface area contributed by atoms with Crippen LogP contribution in [0.15, 0.2) is 6.20 Å². The number of carbonyl (C=O) groups is 1. The molecule has 22 heavy (non-hydrogen) atoms. The quantitative estimate of drug-likeness (QED) is 0.668. The standard InChI is InChI=1S/C15H25BN2O4/c1-7-20-13(19)8-12(11-9-17-18-10(11)2)16-21-14(3,4)15(5,6)22-16/h9,12H,7-8H2,1-6H3,(H,17,18). The van der Waals surface area contributed by atoms with Crippen LogP contribution in [0.25, 0.3) is 0 Å². The molecule has 1 aromatic heterocycles. The number of hydrogen-bond donors (Lipinski definition) is 1. The Morgan fingerprint density at radius 1 is 1.36 bits per heavy atom. The highest BCUT2D eigenvalue weighted by Gasteiger charge is 2.54. The van der Waals surface area contributed by atoms with Crippen LogP contribution in [-0.2, 0) is 18.8 Å². The molecule has 1 aliphatic heterocycles. The van der Waals surface area contributed by atoms with Crippen LogP contribution >= 0.6 is 0 Å². The molecule has 2 heterocycles. The molecule has 1 unspecified atom stereocenters. The van der Waals surface area contributed by atoms with E-state index in [9.17, 15) is 4.79 Å². The molecule has 1 aromatic rings. The lowest BCUT2D eigenvalue weighted by atomic mass is 9.66. The molecule has 0 amide bonds. The molecule has 6 nitrogen and oxygen atoms in total. The highest BCUT2D eigenvalue weighted by atomic mass is 16.7. The van der Waals surface area contributed by atoms with Crippen molar-refractivity contribution in [3.8, 4) is 0 Å². The minimum Gasteiger partial charge on any atom is -0.466 e. The topological polar surface area (TPSA) is 73.4 Å². The zero-order valence-corrected chi connectivity index (χ0v) is 14.2. The van der Waals surface area contributed by atoms with Crippen molar-refractivity contribution in [2.75, 3.05) is 6.61 Å². The van der Waals surface area contributed by atoms with E-state index in [0.717, 1.165) is 11.3 Å². The Morgan fingerprint density at radius 3 is 2.41 bits per heavy atom. The fourth-order valence-electron chi connectivity index (χ4n) is 2.54. The molecule has 0 aliphatic carbocycles. The molecule has 0 spiro atoms. The van der Waals surface area contributed by atoms with E-state index in [1.54, 1.807) is 13.1 Å². The summed E-state index contributed by atoms with van der Waals surface area (Å²) in [5, 5.41) is 6.96.